The van der Waals surface area contributed by atoms with Gasteiger partial charge in [-0.05, 0) is 31.6 Å². The van der Waals surface area contributed by atoms with E-state index in [9.17, 15) is 4.79 Å². The summed E-state index contributed by atoms with van der Waals surface area (Å²) in [7, 11) is 0. The zero-order chi connectivity index (χ0) is 10.7. The summed E-state index contributed by atoms with van der Waals surface area (Å²) in [4.78, 5) is 11.5. The Morgan fingerprint density at radius 3 is 2.73 bits per heavy atom. The molecule has 0 aromatic carbocycles. The van der Waals surface area contributed by atoms with E-state index < -0.39 is 0 Å². The molecule has 0 heterocycles. The second kappa shape index (κ2) is 5.11. The van der Waals surface area contributed by atoms with Crippen molar-refractivity contribution in [3.05, 3.63) is 0 Å². The van der Waals surface area contributed by atoms with Gasteiger partial charge in [-0.1, -0.05) is 26.2 Å². The molecule has 2 fully saturated rings. The van der Waals surface area contributed by atoms with E-state index in [0.29, 0.717) is 24.4 Å². The summed E-state index contributed by atoms with van der Waals surface area (Å²) in [5, 5.41) is 0. The molecule has 0 N–H and O–H groups in total. The first-order valence-corrected chi connectivity index (χ1v) is 6.44. The quantitative estimate of drug-likeness (QED) is 0.697. The molecule has 2 aliphatic carbocycles. The molecule has 0 aromatic rings. The smallest absolute Gasteiger partial charge is 0.161 e. The SMILES string of the molecule is CCC1CCCC(OCC(=O)C2CC2)C1. The Morgan fingerprint density at radius 1 is 1.27 bits per heavy atom. The molecule has 2 saturated carbocycles. The Labute approximate surface area is 92.4 Å². The van der Waals surface area contributed by atoms with Crippen LogP contribution in [-0.2, 0) is 9.53 Å². The minimum absolute atomic E-state index is 0.341. The fraction of sp³-hybridized carbons (Fsp3) is 0.923. The maximum atomic E-state index is 11.5. The summed E-state index contributed by atoms with van der Waals surface area (Å²) < 4.78 is 5.73. The molecular weight excluding hydrogens is 188 g/mol. The van der Waals surface area contributed by atoms with Crippen molar-refractivity contribution in [1.82, 2.24) is 0 Å². The summed E-state index contributed by atoms with van der Waals surface area (Å²) in [5.74, 6) is 1.53. The van der Waals surface area contributed by atoms with Crippen LogP contribution in [-0.4, -0.2) is 18.5 Å². The molecule has 2 aliphatic rings. The third-order valence-electron chi connectivity index (χ3n) is 3.81. The van der Waals surface area contributed by atoms with Crippen LogP contribution in [0, 0.1) is 11.8 Å². The van der Waals surface area contributed by atoms with Crippen LogP contribution in [0.1, 0.15) is 51.9 Å². The number of ether oxygens (including phenoxy) is 1. The molecule has 2 rings (SSSR count). The molecule has 0 saturated heterocycles. The molecule has 0 aromatic heterocycles. The van der Waals surface area contributed by atoms with Gasteiger partial charge in [0.1, 0.15) is 6.61 Å². The van der Waals surface area contributed by atoms with Crippen molar-refractivity contribution in [2.45, 2.75) is 58.0 Å². The van der Waals surface area contributed by atoms with Crippen LogP contribution in [0.15, 0.2) is 0 Å². The Kier molecular flexibility index (Phi) is 3.79. The summed E-state index contributed by atoms with van der Waals surface area (Å²) in [5.41, 5.74) is 0. The maximum absolute atomic E-state index is 11.5. The van der Waals surface area contributed by atoms with Crippen LogP contribution in [0.5, 0.6) is 0 Å². The van der Waals surface area contributed by atoms with Gasteiger partial charge in [0.15, 0.2) is 5.78 Å². The van der Waals surface area contributed by atoms with Crippen molar-refractivity contribution < 1.29 is 9.53 Å². The highest BCUT2D eigenvalue weighted by molar-refractivity contribution is 5.84. The number of Topliss-reactive ketones (excluding diaryl/α,β-unsaturated/α-hetero) is 1. The third kappa shape index (κ3) is 3.30. The number of carbonyl (C=O) groups is 1. The molecule has 2 atom stereocenters. The van der Waals surface area contributed by atoms with E-state index in [-0.39, 0.29) is 0 Å². The van der Waals surface area contributed by atoms with Gasteiger partial charge in [0.25, 0.3) is 0 Å². The van der Waals surface area contributed by atoms with E-state index in [4.69, 9.17) is 4.74 Å². The van der Waals surface area contributed by atoms with Crippen molar-refractivity contribution >= 4 is 5.78 Å². The summed E-state index contributed by atoms with van der Waals surface area (Å²) >= 11 is 0. The number of rotatable bonds is 5. The lowest BCUT2D eigenvalue weighted by Gasteiger charge is -2.28. The minimum atomic E-state index is 0.341. The van der Waals surface area contributed by atoms with Crippen molar-refractivity contribution in [3.63, 3.8) is 0 Å². The number of hydrogen-bond donors (Lipinski definition) is 0. The molecule has 0 amide bonds. The molecule has 15 heavy (non-hydrogen) atoms. The van der Waals surface area contributed by atoms with Gasteiger partial charge in [0, 0.05) is 5.92 Å². The van der Waals surface area contributed by atoms with Crippen LogP contribution in [0.3, 0.4) is 0 Å². The lowest BCUT2D eigenvalue weighted by Crippen LogP contribution is -2.25. The van der Waals surface area contributed by atoms with Crippen LogP contribution in [0.4, 0.5) is 0 Å². The van der Waals surface area contributed by atoms with Crippen LogP contribution in [0.25, 0.3) is 0 Å². The normalized spacial score (nSPS) is 31.5. The molecule has 2 nitrogen and oxygen atoms in total. The average Bonchev–Trinajstić information content (AvgIpc) is 3.10. The first-order chi connectivity index (χ1) is 7.29. The van der Waals surface area contributed by atoms with E-state index >= 15 is 0 Å². The minimum Gasteiger partial charge on any atom is -0.370 e. The lowest BCUT2D eigenvalue weighted by molar-refractivity contribution is -0.127. The largest absolute Gasteiger partial charge is 0.370 e. The number of ketones is 1. The highest BCUT2D eigenvalue weighted by atomic mass is 16.5. The Morgan fingerprint density at radius 2 is 2.07 bits per heavy atom. The van der Waals surface area contributed by atoms with E-state index in [2.05, 4.69) is 6.92 Å². The fourth-order valence-corrected chi connectivity index (χ4v) is 2.49. The van der Waals surface area contributed by atoms with Gasteiger partial charge in [0.2, 0.25) is 0 Å². The predicted molar refractivity (Wildman–Crippen MR) is 59.7 cm³/mol. The second-order valence-electron chi connectivity index (χ2n) is 5.11. The van der Waals surface area contributed by atoms with Gasteiger partial charge in [-0.2, -0.15) is 0 Å². The van der Waals surface area contributed by atoms with Crippen molar-refractivity contribution in [1.29, 1.82) is 0 Å². The Balaban J connectivity index is 1.67. The van der Waals surface area contributed by atoms with Gasteiger partial charge in [-0.3, -0.25) is 4.79 Å². The standard InChI is InChI=1S/C13H22O2/c1-2-10-4-3-5-12(8-10)15-9-13(14)11-6-7-11/h10-12H,2-9H2,1H3. The van der Waals surface area contributed by atoms with Gasteiger partial charge in [0.05, 0.1) is 6.10 Å². The second-order valence-corrected chi connectivity index (χ2v) is 5.11. The number of carbonyl (C=O) groups excluding carboxylic acids is 1. The molecule has 2 heteroatoms. The highest BCUT2D eigenvalue weighted by Gasteiger charge is 2.30. The molecule has 0 bridgehead atoms. The van der Waals surface area contributed by atoms with Crippen molar-refractivity contribution in [3.8, 4) is 0 Å². The van der Waals surface area contributed by atoms with E-state index in [0.717, 1.165) is 25.2 Å². The number of hydrogen-bond acceptors (Lipinski definition) is 2. The van der Waals surface area contributed by atoms with E-state index in [1.165, 1.54) is 25.7 Å². The summed E-state index contributed by atoms with van der Waals surface area (Å²) in [6.07, 6.45) is 8.80. The first kappa shape index (κ1) is 11.1. The average molecular weight is 210 g/mol. The molecule has 0 spiro atoms. The summed E-state index contributed by atoms with van der Waals surface area (Å²) in [6.45, 7) is 2.63. The molecule has 0 aliphatic heterocycles. The lowest BCUT2D eigenvalue weighted by atomic mass is 9.85. The zero-order valence-electron chi connectivity index (χ0n) is 9.71. The van der Waals surface area contributed by atoms with E-state index in [1.54, 1.807) is 0 Å². The summed E-state index contributed by atoms with van der Waals surface area (Å²) in [6, 6.07) is 0. The maximum Gasteiger partial charge on any atom is 0.161 e. The van der Waals surface area contributed by atoms with Crippen molar-refractivity contribution in [2.24, 2.45) is 11.8 Å². The van der Waals surface area contributed by atoms with E-state index in [1.807, 2.05) is 0 Å². The predicted octanol–water partition coefficient (Wildman–Crippen LogP) is 2.95. The van der Waals surface area contributed by atoms with Gasteiger partial charge < -0.3 is 4.74 Å². The zero-order valence-corrected chi connectivity index (χ0v) is 9.71. The topological polar surface area (TPSA) is 26.3 Å². The molecular formula is C13H22O2. The molecule has 2 unspecified atom stereocenters. The van der Waals surface area contributed by atoms with Gasteiger partial charge >= 0.3 is 0 Å². The van der Waals surface area contributed by atoms with Crippen LogP contribution >= 0.6 is 0 Å². The third-order valence-corrected chi connectivity index (χ3v) is 3.81. The molecule has 86 valence electrons. The first-order valence-electron chi connectivity index (χ1n) is 6.44. The van der Waals surface area contributed by atoms with Crippen LogP contribution in [0.2, 0.25) is 0 Å². The fourth-order valence-electron chi connectivity index (χ4n) is 2.49. The molecule has 0 radical (unpaired) electrons. The van der Waals surface area contributed by atoms with Crippen molar-refractivity contribution in [2.75, 3.05) is 6.61 Å². The van der Waals surface area contributed by atoms with Crippen LogP contribution < -0.4 is 0 Å². The highest BCUT2D eigenvalue weighted by Crippen LogP contribution is 2.31. The Hall–Kier alpha value is -0.370. The van der Waals surface area contributed by atoms with Gasteiger partial charge in [-0.15, -0.1) is 0 Å². The Bertz CT molecular complexity index is 221. The monoisotopic (exact) mass is 210 g/mol. The van der Waals surface area contributed by atoms with Gasteiger partial charge in [-0.25, -0.2) is 0 Å².